The zero-order chi connectivity index (χ0) is 26.9. The number of hydrogen-bond acceptors (Lipinski definition) is 8. The van der Waals surface area contributed by atoms with Crippen LogP contribution in [0.15, 0.2) is 40.9 Å². The molecule has 2 aromatic carbocycles. The third-order valence-electron chi connectivity index (χ3n) is 7.29. The molecule has 5 rings (SSSR count). The number of piperidine rings is 1. The molecule has 1 fully saturated rings. The largest absolute Gasteiger partial charge is 0.493 e. The summed E-state index contributed by atoms with van der Waals surface area (Å²) in [7, 11) is 3.19. The molecule has 202 valence electrons. The number of aryl methyl sites for hydroxylation is 1. The number of methoxy groups -OCH3 is 2. The first-order chi connectivity index (χ1) is 18.2. The maximum absolute atomic E-state index is 13.4. The number of amides is 1. The summed E-state index contributed by atoms with van der Waals surface area (Å²) in [5.41, 5.74) is 2.62. The van der Waals surface area contributed by atoms with E-state index in [9.17, 15) is 4.79 Å². The molecule has 2 aliphatic rings. The van der Waals surface area contributed by atoms with Crippen molar-refractivity contribution in [2.75, 3.05) is 27.3 Å². The Morgan fingerprint density at radius 3 is 2.76 bits per heavy atom. The normalized spacial score (nSPS) is 20.8. The molecule has 1 saturated heterocycles. The molecular weight excluding hydrogens is 484 g/mol. The fourth-order valence-corrected chi connectivity index (χ4v) is 5.39. The molecule has 9 nitrogen and oxygen atoms in total. The highest BCUT2D eigenvalue weighted by Crippen LogP contribution is 2.40. The number of nitrogens with one attached hydrogen (secondary N) is 1. The average molecular weight is 521 g/mol. The first kappa shape index (κ1) is 26.0. The Labute approximate surface area is 223 Å². The van der Waals surface area contributed by atoms with Gasteiger partial charge in [0.2, 0.25) is 17.6 Å². The van der Waals surface area contributed by atoms with Crippen LogP contribution in [-0.2, 0) is 11.3 Å². The van der Waals surface area contributed by atoms with Gasteiger partial charge in [0.1, 0.15) is 11.4 Å². The number of ether oxygens (including phenoxy) is 3. The monoisotopic (exact) mass is 520 g/mol. The fourth-order valence-electron chi connectivity index (χ4n) is 5.39. The number of benzene rings is 2. The first-order valence-corrected chi connectivity index (χ1v) is 13.1. The topological polar surface area (TPSA) is 99.0 Å². The molecule has 2 atom stereocenters. The quantitative estimate of drug-likeness (QED) is 0.479. The SMILES string of the molecule is COc1ccc(-c2noc(CN3CCCC(C(=O)NC4CC(C)(C)Oc5cc(C)ccc54)C3)n2)cc1OC. The third-order valence-corrected chi connectivity index (χ3v) is 7.29. The van der Waals surface area contributed by atoms with Gasteiger partial charge in [-0.2, -0.15) is 4.98 Å². The number of carbonyl (C=O) groups excluding carboxylic acids is 1. The van der Waals surface area contributed by atoms with Crippen molar-refractivity contribution in [3.63, 3.8) is 0 Å². The summed E-state index contributed by atoms with van der Waals surface area (Å²) in [6.45, 7) is 8.21. The highest BCUT2D eigenvalue weighted by Gasteiger charge is 2.36. The van der Waals surface area contributed by atoms with E-state index in [4.69, 9.17) is 18.7 Å². The van der Waals surface area contributed by atoms with Crippen LogP contribution in [0.1, 0.15) is 56.2 Å². The molecule has 1 N–H and O–H groups in total. The predicted molar refractivity (Wildman–Crippen MR) is 142 cm³/mol. The van der Waals surface area contributed by atoms with Gasteiger partial charge in [-0.15, -0.1) is 0 Å². The van der Waals surface area contributed by atoms with Crippen LogP contribution in [0.4, 0.5) is 0 Å². The molecule has 2 unspecified atom stereocenters. The lowest BCUT2D eigenvalue weighted by atomic mass is 9.88. The number of fused-ring (bicyclic) bond motifs is 1. The Balaban J connectivity index is 1.23. The average Bonchev–Trinajstić information content (AvgIpc) is 3.35. The van der Waals surface area contributed by atoms with E-state index in [-0.39, 0.29) is 23.5 Å². The van der Waals surface area contributed by atoms with Crippen molar-refractivity contribution in [2.24, 2.45) is 5.92 Å². The Hall–Kier alpha value is -3.59. The lowest BCUT2D eigenvalue weighted by Gasteiger charge is -2.39. The van der Waals surface area contributed by atoms with Gasteiger partial charge >= 0.3 is 0 Å². The van der Waals surface area contributed by atoms with Crippen LogP contribution in [0, 0.1) is 12.8 Å². The van der Waals surface area contributed by atoms with Crippen molar-refractivity contribution < 1.29 is 23.5 Å². The second kappa shape index (κ2) is 10.6. The maximum Gasteiger partial charge on any atom is 0.241 e. The summed E-state index contributed by atoms with van der Waals surface area (Å²) in [4.78, 5) is 20.2. The number of nitrogens with zero attached hydrogens (tertiary/aromatic N) is 3. The van der Waals surface area contributed by atoms with Crippen molar-refractivity contribution in [1.82, 2.24) is 20.4 Å². The van der Waals surface area contributed by atoms with Crippen molar-refractivity contribution in [1.29, 1.82) is 0 Å². The summed E-state index contributed by atoms with van der Waals surface area (Å²) >= 11 is 0. The van der Waals surface area contributed by atoms with Crippen molar-refractivity contribution in [3.8, 4) is 28.6 Å². The minimum Gasteiger partial charge on any atom is -0.493 e. The predicted octanol–water partition coefficient (Wildman–Crippen LogP) is 4.69. The fraction of sp³-hybridized carbons (Fsp3) is 0.483. The smallest absolute Gasteiger partial charge is 0.241 e. The Morgan fingerprint density at radius 2 is 1.97 bits per heavy atom. The van der Waals surface area contributed by atoms with Gasteiger partial charge < -0.3 is 24.1 Å². The van der Waals surface area contributed by atoms with E-state index in [1.807, 2.05) is 18.2 Å². The molecule has 0 radical (unpaired) electrons. The third kappa shape index (κ3) is 5.62. The second-order valence-corrected chi connectivity index (χ2v) is 10.8. The van der Waals surface area contributed by atoms with E-state index in [1.165, 1.54) is 0 Å². The van der Waals surface area contributed by atoms with Gasteiger partial charge in [0.05, 0.1) is 32.7 Å². The summed E-state index contributed by atoms with van der Waals surface area (Å²) in [5, 5.41) is 7.49. The van der Waals surface area contributed by atoms with Crippen molar-refractivity contribution in [2.45, 2.75) is 58.2 Å². The van der Waals surface area contributed by atoms with E-state index >= 15 is 0 Å². The van der Waals surface area contributed by atoms with Gasteiger partial charge in [0.25, 0.3) is 0 Å². The molecule has 38 heavy (non-hydrogen) atoms. The number of aromatic nitrogens is 2. The van der Waals surface area contributed by atoms with E-state index in [1.54, 1.807) is 14.2 Å². The molecular formula is C29H36N4O5. The molecule has 2 aliphatic heterocycles. The molecule has 0 saturated carbocycles. The van der Waals surface area contributed by atoms with E-state index in [0.29, 0.717) is 36.3 Å². The first-order valence-electron chi connectivity index (χ1n) is 13.1. The van der Waals surface area contributed by atoms with E-state index in [2.05, 4.69) is 59.3 Å². The Kier molecular flexibility index (Phi) is 7.29. The minimum absolute atomic E-state index is 0.0720. The highest BCUT2D eigenvalue weighted by atomic mass is 16.5. The minimum atomic E-state index is -0.346. The van der Waals surface area contributed by atoms with Gasteiger partial charge in [0, 0.05) is 24.1 Å². The van der Waals surface area contributed by atoms with Gasteiger partial charge in [-0.3, -0.25) is 9.69 Å². The van der Waals surface area contributed by atoms with Gasteiger partial charge in [-0.1, -0.05) is 17.3 Å². The Morgan fingerprint density at radius 1 is 1.16 bits per heavy atom. The van der Waals surface area contributed by atoms with Crippen LogP contribution in [0.2, 0.25) is 0 Å². The van der Waals surface area contributed by atoms with Crippen LogP contribution >= 0.6 is 0 Å². The molecule has 9 heteroatoms. The van der Waals surface area contributed by atoms with Gasteiger partial charge in [-0.25, -0.2) is 0 Å². The van der Waals surface area contributed by atoms with E-state index < -0.39 is 0 Å². The summed E-state index contributed by atoms with van der Waals surface area (Å²) in [6.07, 6.45) is 2.52. The number of likely N-dealkylation sites (tertiary alicyclic amines) is 1. The number of rotatable bonds is 7. The lowest BCUT2D eigenvalue weighted by molar-refractivity contribution is -0.128. The zero-order valence-corrected chi connectivity index (χ0v) is 22.7. The van der Waals surface area contributed by atoms with Gasteiger partial charge in [0.15, 0.2) is 11.5 Å². The molecule has 0 aliphatic carbocycles. The standard InChI is InChI=1S/C29H36N4O5/c1-18-8-10-21-22(15-29(2,3)37-24(21)13-18)30-28(34)20-7-6-12-33(16-20)17-26-31-27(32-38-26)19-9-11-23(35-4)25(14-19)36-5/h8-11,13-14,20,22H,6-7,12,15-17H2,1-5H3,(H,30,34). The van der Waals surface area contributed by atoms with Crippen LogP contribution in [0.5, 0.6) is 17.2 Å². The van der Waals surface area contributed by atoms with Crippen LogP contribution in [0.25, 0.3) is 11.4 Å². The van der Waals surface area contributed by atoms with Crippen LogP contribution in [-0.4, -0.2) is 53.9 Å². The summed E-state index contributed by atoms with van der Waals surface area (Å²) < 4.78 is 22.4. The van der Waals surface area contributed by atoms with Crippen LogP contribution in [0.3, 0.4) is 0 Å². The van der Waals surface area contributed by atoms with E-state index in [0.717, 1.165) is 48.2 Å². The maximum atomic E-state index is 13.4. The van der Waals surface area contributed by atoms with Crippen molar-refractivity contribution in [3.05, 3.63) is 53.4 Å². The molecule has 1 aromatic heterocycles. The number of hydrogen-bond donors (Lipinski definition) is 1. The molecule has 0 bridgehead atoms. The summed E-state index contributed by atoms with van der Waals surface area (Å²) in [5.74, 6) is 3.10. The molecule has 3 heterocycles. The van der Waals surface area contributed by atoms with Gasteiger partial charge in [-0.05, 0) is 70.0 Å². The number of carbonyl (C=O) groups is 1. The summed E-state index contributed by atoms with van der Waals surface area (Å²) in [6, 6.07) is 11.6. The van der Waals surface area contributed by atoms with Crippen LogP contribution < -0.4 is 19.5 Å². The van der Waals surface area contributed by atoms with Crippen molar-refractivity contribution >= 4 is 5.91 Å². The highest BCUT2D eigenvalue weighted by molar-refractivity contribution is 5.79. The lowest BCUT2D eigenvalue weighted by Crippen LogP contribution is -2.46. The second-order valence-electron chi connectivity index (χ2n) is 10.8. The molecule has 0 spiro atoms. The Bertz CT molecular complexity index is 1300. The molecule has 1 amide bonds. The molecule has 3 aromatic rings. The zero-order valence-electron chi connectivity index (χ0n) is 22.7.